The minimum Gasteiger partial charge on any atom is -0.356 e. The summed E-state index contributed by atoms with van der Waals surface area (Å²) < 4.78 is 0. The van der Waals surface area contributed by atoms with Crippen molar-refractivity contribution < 1.29 is 9.59 Å². The molecule has 2 aromatic rings. The average Bonchev–Trinajstić information content (AvgIpc) is 2.69. The smallest absolute Gasteiger partial charge is 0.255 e. The van der Waals surface area contributed by atoms with E-state index in [9.17, 15) is 9.59 Å². The lowest BCUT2D eigenvalue weighted by molar-refractivity contribution is -0.126. The van der Waals surface area contributed by atoms with Gasteiger partial charge in [0.1, 0.15) is 0 Å². The number of likely N-dealkylation sites (tertiary alicyclic amines) is 1. The molecule has 5 heteroatoms. The van der Waals surface area contributed by atoms with Crippen molar-refractivity contribution in [3.63, 3.8) is 0 Å². The molecule has 0 radical (unpaired) electrons. The minimum absolute atomic E-state index is 0.0268. The number of rotatable bonds is 5. The van der Waals surface area contributed by atoms with Gasteiger partial charge >= 0.3 is 0 Å². The Morgan fingerprint density at radius 1 is 1.00 bits per heavy atom. The monoisotopic (exact) mass is 370 g/mol. The van der Waals surface area contributed by atoms with Crippen LogP contribution in [0.2, 0.25) is 5.02 Å². The molecule has 2 amide bonds. The summed E-state index contributed by atoms with van der Waals surface area (Å²) in [5.41, 5.74) is 1.74. The summed E-state index contributed by atoms with van der Waals surface area (Å²) in [5, 5.41) is 3.49. The molecule has 0 bridgehead atoms. The Balaban J connectivity index is 1.45. The van der Waals surface area contributed by atoms with Gasteiger partial charge in [0.05, 0.1) is 10.6 Å². The van der Waals surface area contributed by atoms with E-state index >= 15 is 0 Å². The van der Waals surface area contributed by atoms with Crippen LogP contribution in [0.4, 0.5) is 0 Å². The molecule has 1 aliphatic heterocycles. The largest absolute Gasteiger partial charge is 0.356 e. The first kappa shape index (κ1) is 18.5. The summed E-state index contributed by atoms with van der Waals surface area (Å²) in [7, 11) is 0. The highest BCUT2D eigenvalue weighted by atomic mass is 35.5. The van der Waals surface area contributed by atoms with E-state index in [0.29, 0.717) is 43.1 Å². The highest BCUT2D eigenvalue weighted by molar-refractivity contribution is 6.33. The van der Waals surface area contributed by atoms with Gasteiger partial charge in [-0.2, -0.15) is 0 Å². The number of nitrogens with zero attached hydrogens (tertiary/aromatic N) is 1. The molecule has 4 nitrogen and oxygen atoms in total. The van der Waals surface area contributed by atoms with Crippen molar-refractivity contribution in [3.05, 3.63) is 70.7 Å². The maximum absolute atomic E-state index is 12.6. The molecule has 1 saturated heterocycles. The van der Waals surface area contributed by atoms with Crippen LogP contribution in [0.1, 0.15) is 28.8 Å². The van der Waals surface area contributed by atoms with Crippen LogP contribution in [0.3, 0.4) is 0 Å². The molecular weight excluding hydrogens is 348 g/mol. The molecule has 1 heterocycles. The van der Waals surface area contributed by atoms with Gasteiger partial charge in [0, 0.05) is 25.6 Å². The normalized spacial score (nSPS) is 14.9. The van der Waals surface area contributed by atoms with Gasteiger partial charge in [-0.1, -0.05) is 54.1 Å². The van der Waals surface area contributed by atoms with E-state index in [1.54, 1.807) is 17.0 Å². The van der Waals surface area contributed by atoms with Crippen LogP contribution >= 0.6 is 11.6 Å². The number of carbonyl (C=O) groups excluding carboxylic acids is 2. The fraction of sp³-hybridized carbons (Fsp3) is 0.333. The van der Waals surface area contributed by atoms with Gasteiger partial charge in [-0.3, -0.25) is 9.59 Å². The third-order valence-corrected chi connectivity index (χ3v) is 5.14. The van der Waals surface area contributed by atoms with Crippen LogP contribution in [0.5, 0.6) is 0 Å². The van der Waals surface area contributed by atoms with Crippen molar-refractivity contribution in [2.75, 3.05) is 19.6 Å². The first-order chi connectivity index (χ1) is 12.6. The minimum atomic E-state index is -0.0569. The van der Waals surface area contributed by atoms with Gasteiger partial charge < -0.3 is 10.2 Å². The second-order valence-corrected chi connectivity index (χ2v) is 6.98. The third kappa shape index (κ3) is 4.64. The number of hydrogen-bond donors (Lipinski definition) is 1. The zero-order chi connectivity index (χ0) is 18.4. The summed E-state index contributed by atoms with van der Waals surface area (Å²) >= 11 is 6.11. The highest BCUT2D eigenvalue weighted by Gasteiger charge is 2.28. The Morgan fingerprint density at radius 2 is 1.65 bits per heavy atom. The molecule has 0 aliphatic carbocycles. The average molecular weight is 371 g/mol. The van der Waals surface area contributed by atoms with Gasteiger partial charge in [-0.05, 0) is 37.0 Å². The number of nitrogens with one attached hydrogen (secondary N) is 1. The van der Waals surface area contributed by atoms with Crippen molar-refractivity contribution in [1.82, 2.24) is 10.2 Å². The molecule has 2 aromatic carbocycles. The van der Waals surface area contributed by atoms with Gasteiger partial charge in [-0.25, -0.2) is 0 Å². The predicted molar refractivity (Wildman–Crippen MR) is 103 cm³/mol. The zero-order valence-corrected chi connectivity index (χ0v) is 15.4. The Bertz CT molecular complexity index is 756. The number of halogens is 1. The maximum atomic E-state index is 12.6. The molecule has 26 heavy (non-hydrogen) atoms. The van der Waals surface area contributed by atoms with Crippen molar-refractivity contribution in [2.45, 2.75) is 19.3 Å². The molecule has 0 spiro atoms. The van der Waals surface area contributed by atoms with Crippen molar-refractivity contribution in [1.29, 1.82) is 0 Å². The van der Waals surface area contributed by atoms with Crippen molar-refractivity contribution >= 4 is 23.4 Å². The quantitative estimate of drug-likeness (QED) is 0.875. The first-order valence-corrected chi connectivity index (χ1v) is 9.38. The van der Waals surface area contributed by atoms with Gasteiger partial charge in [0.25, 0.3) is 5.91 Å². The van der Waals surface area contributed by atoms with Gasteiger partial charge in [0.15, 0.2) is 0 Å². The van der Waals surface area contributed by atoms with Gasteiger partial charge in [-0.15, -0.1) is 0 Å². The van der Waals surface area contributed by atoms with E-state index in [-0.39, 0.29) is 17.7 Å². The highest BCUT2D eigenvalue weighted by Crippen LogP contribution is 2.22. The number of hydrogen-bond acceptors (Lipinski definition) is 2. The fourth-order valence-corrected chi connectivity index (χ4v) is 3.49. The van der Waals surface area contributed by atoms with E-state index < -0.39 is 0 Å². The predicted octanol–water partition coefficient (Wildman–Crippen LogP) is 3.55. The molecule has 1 fully saturated rings. The van der Waals surface area contributed by atoms with Crippen LogP contribution in [0.25, 0.3) is 0 Å². The van der Waals surface area contributed by atoms with Crippen molar-refractivity contribution in [2.24, 2.45) is 5.92 Å². The summed E-state index contributed by atoms with van der Waals surface area (Å²) in [5.74, 6) is 0.00498. The van der Waals surface area contributed by atoms with E-state index in [0.717, 1.165) is 6.42 Å². The van der Waals surface area contributed by atoms with Crippen LogP contribution in [-0.2, 0) is 11.2 Å². The van der Waals surface area contributed by atoms with Crippen LogP contribution < -0.4 is 5.32 Å². The fourth-order valence-electron chi connectivity index (χ4n) is 3.27. The molecule has 1 aliphatic rings. The molecule has 0 unspecified atom stereocenters. The van der Waals surface area contributed by atoms with Crippen LogP contribution in [-0.4, -0.2) is 36.3 Å². The summed E-state index contributed by atoms with van der Waals surface area (Å²) in [6.45, 7) is 1.81. The summed E-state index contributed by atoms with van der Waals surface area (Å²) in [6, 6.07) is 17.2. The lowest BCUT2D eigenvalue weighted by Gasteiger charge is -2.31. The molecule has 3 rings (SSSR count). The number of carbonyl (C=O) groups is 2. The second-order valence-electron chi connectivity index (χ2n) is 6.57. The summed E-state index contributed by atoms with van der Waals surface area (Å²) in [6.07, 6.45) is 2.21. The molecule has 0 atom stereocenters. The maximum Gasteiger partial charge on any atom is 0.255 e. The lowest BCUT2D eigenvalue weighted by Crippen LogP contribution is -2.43. The Labute approximate surface area is 159 Å². The zero-order valence-electron chi connectivity index (χ0n) is 14.7. The van der Waals surface area contributed by atoms with Gasteiger partial charge in [0.2, 0.25) is 5.91 Å². The number of piperidine rings is 1. The molecule has 1 N–H and O–H groups in total. The van der Waals surface area contributed by atoms with Crippen LogP contribution in [0, 0.1) is 5.92 Å². The Hall–Kier alpha value is -2.33. The summed E-state index contributed by atoms with van der Waals surface area (Å²) in [4.78, 5) is 26.7. The van der Waals surface area contributed by atoms with E-state index in [2.05, 4.69) is 17.4 Å². The number of amides is 2. The second kappa shape index (κ2) is 8.86. The third-order valence-electron chi connectivity index (χ3n) is 4.81. The standard InChI is InChI=1S/C21H23ClN2O2/c22-19-9-5-4-8-18(19)21(26)24-14-11-17(12-15-24)20(25)23-13-10-16-6-2-1-3-7-16/h1-9,17H,10-15H2,(H,23,25). The van der Waals surface area contributed by atoms with E-state index in [4.69, 9.17) is 11.6 Å². The topological polar surface area (TPSA) is 49.4 Å². The molecular formula is C21H23ClN2O2. The van der Waals surface area contributed by atoms with E-state index in [1.807, 2.05) is 30.3 Å². The van der Waals surface area contributed by atoms with Crippen LogP contribution in [0.15, 0.2) is 54.6 Å². The SMILES string of the molecule is O=C(NCCc1ccccc1)C1CCN(C(=O)c2ccccc2Cl)CC1. The molecule has 0 aromatic heterocycles. The van der Waals surface area contributed by atoms with E-state index in [1.165, 1.54) is 5.56 Å². The number of benzene rings is 2. The van der Waals surface area contributed by atoms with Crippen molar-refractivity contribution in [3.8, 4) is 0 Å². The molecule has 0 saturated carbocycles. The molecule has 136 valence electrons. The Morgan fingerprint density at radius 3 is 2.35 bits per heavy atom. The lowest BCUT2D eigenvalue weighted by atomic mass is 9.95. The Kier molecular flexibility index (Phi) is 6.29. The first-order valence-electron chi connectivity index (χ1n) is 9.00.